The van der Waals surface area contributed by atoms with Crippen molar-refractivity contribution in [3.05, 3.63) is 47.5 Å². The molecule has 0 aliphatic heterocycles. The topological polar surface area (TPSA) is 125 Å². The minimum atomic E-state index is 0.0685. The maximum atomic E-state index is 5.70. The molecular weight excluding hydrogens is 384 g/mol. The number of rotatable bonds is 6. The van der Waals surface area contributed by atoms with Crippen molar-refractivity contribution in [2.24, 2.45) is 21.5 Å². The number of hydrogen-bond acceptors (Lipinski definition) is 5. The lowest BCUT2D eigenvalue weighted by atomic mass is 10.0. The first-order valence-corrected chi connectivity index (χ1v) is 10.2. The van der Waals surface area contributed by atoms with Gasteiger partial charge in [0, 0.05) is 46.4 Å². The second kappa shape index (κ2) is 9.08. The van der Waals surface area contributed by atoms with Crippen molar-refractivity contribution in [2.45, 2.75) is 25.9 Å². The molecule has 9 heteroatoms. The highest BCUT2D eigenvalue weighted by atomic mass is 32.1. The number of aliphatic imine (C=N–C) groups is 2. The van der Waals surface area contributed by atoms with Crippen LogP contribution in [0.4, 0.5) is 0 Å². The van der Waals surface area contributed by atoms with Crippen LogP contribution in [0.1, 0.15) is 37.1 Å². The van der Waals surface area contributed by atoms with Gasteiger partial charge < -0.3 is 11.5 Å². The van der Waals surface area contributed by atoms with E-state index in [2.05, 4.69) is 81.9 Å². The molecule has 2 aromatic carbocycles. The number of hydrazine groups is 2. The highest BCUT2D eigenvalue weighted by Gasteiger charge is 2.12. The minimum absolute atomic E-state index is 0.0685. The lowest BCUT2D eigenvalue weighted by Crippen LogP contribution is -2.43. The van der Waals surface area contributed by atoms with E-state index >= 15 is 0 Å². The maximum Gasteiger partial charge on any atom is 0.202 e. The van der Waals surface area contributed by atoms with Gasteiger partial charge in [0.25, 0.3) is 0 Å². The van der Waals surface area contributed by atoms with Crippen molar-refractivity contribution in [3.63, 3.8) is 0 Å². The summed E-state index contributed by atoms with van der Waals surface area (Å²) < 4.78 is 2.52. The summed E-state index contributed by atoms with van der Waals surface area (Å²) in [4.78, 5) is 7.78. The first-order valence-electron chi connectivity index (χ1n) is 9.36. The van der Waals surface area contributed by atoms with Gasteiger partial charge in [-0.15, -0.1) is 11.3 Å². The Labute approximate surface area is 174 Å². The van der Waals surface area contributed by atoms with Crippen LogP contribution in [-0.4, -0.2) is 26.0 Å². The van der Waals surface area contributed by atoms with Gasteiger partial charge in [0.1, 0.15) is 0 Å². The van der Waals surface area contributed by atoms with E-state index in [1.54, 1.807) is 25.4 Å². The summed E-state index contributed by atoms with van der Waals surface area (Å²) in [5.41, 5.74) is 25.9. The number of nitrogens with two attached hydrogens (primary N) is 2. The Morgan fingerprint density at radius 1 is 0.793 bits per heavy atom. The second-order valence-electron chi connectivity index (χ2n) is 6.81. The molecule has 154 valence electrons. The molecule has 1 heterocycles. The van der Waals surface area contributed by atoms with E-state index in [0.29, 0.717) is 11.9 Å². The van der Waals surface area contributed by atoms with E-state index in [1.807, 2.05) is 0 Å². The third kappa shape index (κ3) is 4.76. The van der Waals surface area contributed by atoms with Crippen molar-refractivity contribution in [2.75, 3.05) is 14.1 Å². The van der Waals surface area contributed by atoms with Crippen LogP contribution in [0.25, 0.3) is 20.2 Å². The number of hydrogen-bond donors (Lipinski definition) is 6. The first-order chi connectivity index (χ1) is 13.9. The predicted molar refractivity (Wildman–Crippen MR) is 124 cm³/mol. The zero-order valence-corrected chi connectivity index (χ0v) is 17.9. The van der Waals surface area contributed by atoms with E-state index < -0.39 is 0 Å². The van der Waals surface area contributed by atoms with Gasteiger partial charge in [-0.1, -0.05) is 12.1 Å². The Balaban J connectivity index is 1.89. The fraction of sp³-hybridized carbons (Fsp3) is 0.300. The van der Waals surface area contributed by atoms with Crippen LogP contribution in [0.2, 0.25) is 0 Å². The summed E-state index contributed by atoms with van der Waals surface area (Å²) >= 11 is 1.80. The van der Waals surface area contributed by atoms with Crippen LogP contribution in [0.5, 0.6) is 0 Å². The molecule has 1 aromatic heterocycles. The highest BCUT2D eigenvalue weighted by Crippen LogP contribution is 2.36. The summed E-state index contributed by atoms with van der Waals surface area (Å²) in [5.74, 6) is 0.708. The van der Waals surface area contributed by atoms with E-state index in [1.165, 1.54) is 31.3 Å². The molecule has 0 saturated carbocycles. The first kappa shape index (κ1) is 20.8. The Bertz CT molecular complexity index is 973. The number of benzene rings is 2. The number of guanidine groups is 2. The van der Waals surface area contributed by atoms with E-state index in [-0.39, 0.29) is 12.1 Å². The summed E-state index contributed by atoms with van der Waals surface area (Å²) in [6.45, 7) is 4.16. The van der Waals surface area contributed by atoms with Crippen molar-refractivity contribution in [1.29, 1.82) is 0 Å². The molecule has 0 amide bonds. The molecule has 3 aromatic rings. The quantitative estimate of drug-likeness (QED) is 0.210. The molecule has 0 aliphatic carbocycles. The summed E-state index contributed by atoms with van der Waals surface area (Å²) in [6.07, 6.45) is 0. The zero-order chi connectivity index (χ0) is 21.0. The third-order valence-electron chi connectivity index (χ3n) is 4.83. The average Bonchev–Trinajstić information content (AvgIpc) is 3.12. The number of fused-ring (bicyclic) bond motifs is 3. The largest absolute Gasteiger partial charge is 0.369 e. The lowest BCUT2D eigenvalue weighted by molar-refractivity contribution is 0.542. The van der Waals surface area contributed by atoms with Gasteiger partial charge in [-0.25, -0.2) is 10.9 Å². The van der Waals surface area contributed by atoms with Crippen LogP contribution >= 0.6 is 11.3 Å². The third-order valence-corrected chi connectivity index (χ3v) is 5.98. The number of nitrogens with one attached hydrogen (secondary N) is 4. The molecule has 0 bridgehead atoms. The Morgan fingerprint density at radius 2 is 1.21 bits per heavy atom. The smallest absolute Gasteiger partial charge is 0.202 e. The molecular formula is C20H28N8S. The fourth-order valence-corrected chi connectivity index (χ4v) is 4.06. The number of nitrogens with zero attached hydrogens (tertiary/aromatic N) is 2. The normalized spacial score (nSPS) is 14.9. The molecule has 29 heavy (non-hydrogen) atoms. The van der Waals surface area contributed by atoms with Crippen molar-refractivity contribution >= 4 is 43.4 Å². The van der Waals surface area contributed by atoms with Crippen LogP contribution in [0, 0.1) is 0 Å². The molecule has 8 N–H and O–H groups in total. The molecule has 0 fully saturated rings. The molecule has 2 unspecified atom stereocenters. The Hall–Kier alpha value is -2.88. The Kier molecular flexibility index (Phi) is 6.53. The monoisotopic (exact) mass is 412 g/mol. The van der Waals surface area contributed by atoms with Gasteiger partial charge in [-0.3, -0.25) is 20.8 Å². The summed E-state index contributed by atoms with van der Waals surface area (Å²) in [6, 6.07) is 13.2. The fourth-order valence-electron chi connectivity index (χ4n) is 2.99. The Morgan fingerprint density at radius 3 is 1.59 bits per heavy atom. The van der Waals surface area contributed by atoms with Crippen LogP contribution in [-0.2, 0) is 0 Å². The predicted octanol–water partition coefficient (Wildman–Crippen LogP) is 2.25. The van der Waals surface area contributed by atoms with Crippen LogP contribution < -0.4 is 33.2 Å². The molecule has 0 saturated heterocycles. The van der Waals surface area contributed by atoms with E-state index in [9.17, 15) is 0 Å². The molecule has 0 spiro atoms. The van der Waals surface area contributed by atoms with Gasteiger partial charge in [0.15, 0.2) is 0 Å². The van der Waals surface area contributed by atoms with Crippen molar-refractivity contribution in [1.82, 2.24) is 21.7 Å². The standard InChI is InChI=1S/C20H28N8S/c1-11(25-27-19(21)23-3)13-5-7-17-15(9-13)16-10-14(6-8-18(16)29-17)12(2)26-28-20(22)24-4/h5-12,25-26H,1-4H3,(H3,21,23,27)(H3,22,24,28). The van der Waals surface area contributed by atoms with Crippen molar-refractivity contribution in [3.8, 4) is 0 Å². The van der Waals surface area contributed by atoms with Gasteiger partial charge in [0.2, 0.25) is 11.9 Å². The molecule has 0 aliphatic rings. The second-order valence-corrected chi connectivity index (χ2v) is 7.90. The minimum Gasteiger partial charge on any atom is -0.369 e. The molecule has 8 nitrogen and oxygen atoms in total. The molecule has 0 radical (unpaired) electrons. The van der Waals surface area contributed by atoms with E-state index in [4.69, 9.17) is 11.5 Å². The maximum absolute atomic E-state index is 5.70. The van der Waals surface area contributed by atoms with Gasteiger partial charge in [-0.2, -0.15) is 0 Å². The average molecular weight is 413 g/mol. The van der Waals surface area contributed by atoms with E-state index in [0.717, 1.165) is 0 Å². The van der Waals surface area contributed by atoms with Gasteiger partial charge in [-0.05, 0) is 49.2 Å². The van der Waals surface area contributed by atoms with Gasteiger partial charge >= 0.3 is 0 Å². The number of thiophene rings is 1. The van der Waals surface area contributed by atoms with Gasteiger partial charge in [0.05, 0.1) is 0 Å². The van der Waals surface area contributed by atoms with Crippen molar-refractivity contribution < 1.29 is 0 Å². The van der Waals surface area contributed by atoms with Crippen LogP contribution in [0.3, 0.4) is 0 Å². The summed E-state index contributed by atoms with van der Waals surface area (Å²) in [5, 5.41) is 2.48. The summed E-state index contributed by atoms with van der Waals surface area (Å²) in [7, 11) is 3.29. The highest BCUT2D eigenvalue weighted by molar-refractivity contribution is 7.25. The molecule has 3 rings (SSSR count). The SMILES string of the molecule is CN=C(N)NNC(C)c1ccc2sc3ccc(C(C)NNC(N)=NC)cc3c2c1. The lowest BCUT2D eigenvalue weighted by Gasteiger charge is -2.16. The van der Waals surface area contributed by atoms with Crippen LogP contribution in [0.15, 0.2) is 46.4 Å². The molecule has 2 atom stereocenters. The zero-order valence-electron chi connectivity index (χ0n) is 17.1.